The second-order valence-corrected chi connectivity index (χ2v) is 2.64. The van der Waals surface area contributed by atoms with Crippen LogP contribution < -0.4 is 5.73 Å². The van der Waals surface area contributed by atoms with Gasteiger partial charge >= 0.3 is 0 Å². The van der Waals surface area contributed by atoms with Gasteiger partial charge in [-0.25, -0.2) is 0 Å². The molecule has 0 aliphatic heterocycles. The number of furan rings is 1. The van der Waals surface area contributed by atoms with Crippen LogP contribution in [0.2, 0.25) is 0 Å². The van der Waals surface area contributed by atoms with E-state index in [-0.39, 0.29) is 11.1 Å². The zero-order chi connectivity index (χ0) is 9.42. The lowest BCUT2D eigenvalue weighted by molar-refractivity contribution is 0.100. The summed E-state index contributed by atoms with van der Waals surface area (Å²) in [4.78, 5) is 10.9. The number of benzene rings is 1. The Hall–Kier alpha value is -1.84. The highest BCUT2D eigenvalue weighted by atomic mass is 19.1. The number of para-hydroxylation sites is 1. The van der Waals surface area contributed by atoms with Crippen molar-refractivity contribution in [2.24, 2.45) is 5.73 Å². The number of halogens is 1. The van der Waals surface area contributed by atoms with Crippen molar-refractivity contribution >= 4 is 16.9 Å². The smallest absolute Gasteiger partial charge is 0.278 e. The molecule has 0 bridgehead atoms. The van der Waals surface area contributed by atoms with Gasteiger partial charge in [-0.05, 0) is 6.07 Å². The molecule has 0 atom stereocenters. The molecule has 1 heterocycles. The predicted molar refractivity (Wildman–Crippen MR) is 44.7 cm³/mol. The molecule has 66 valence electrons. The van der Waals surface area contributed by atoms with Crippen LogP contribution in [0.25, 0.3) is 11.0 Å². The minimum absolute atomic E-state index is 0.196. The first-order chi connectivity index (χ1) is 6.18. The highest BCUT2D eigenvalue weighted by molar-refractivity contribution is 6.03. The third-order valence-corrected chi connectivity index (χ3v) is 1.78. The Bertz CT molecular complexity index is 475. The molecule has 1 amide bonds. The molecule has 13 heavy (non-hydrogen) atoms. The van der Waals surface area contributed by atoms with Crippen molar-refractivity contribution in [3.8, 4) is 0 Å². The summed E-state index contributed by atoms with van der Waals surface area (Å²) in [7, 11) is 0. The third kappa shape index (κ3) is 1.16. The molecule has 0 saturated heterocycles. The molecule has 4 heteroatoms. The fourth-order valence-electron chi connectivity index (χ4n) is 1.23. The molecule has 2 rings (SSSR count). The number of nitrogens with two attached hydrogens (primary N) is 1. The van der Waals surface area contributed by atoms with Gasteiger partial charge in [-0.3, -0.25) is 4.79 Å². The minimum Gasteiger partial charge on any atom is -0.430 e. The quantitative estimate of drug-likeness (QED) is 0.723. The van der Waals surface area contributed by atoms with Gasteiger partial charge in [-0.1, -0.05) is 12.1 Å². The average molecular weight is 179 g/mol. The first kappa shape index (κ1) is 7.79. The number of primary amides is 1. The largest absolute Gasteiger partial charge is 0.430 e. The van der Waals surface area contributed by atoms with E-state index in [0.717, 1.165) is 0 Å². The predicted octanol–water partition coefficient (Wildman–Crippen LogP) is 1.67. The molecule has 3 nitrogen and oxygen atoms in total. The average Bonchev–Trinajstić information content (AvgIpc) is 2.43. The molecular weight excluding hydrogens is 173 g/mol. The van der Waals surface area contributed by atoms with Crippen molar-refractivity contribution in [1.29, 1.82) is 0 Å². The van der Waals surface area contributed by atoms with E-state index >= 15 is 0 Å². The lowest BCUT2D eigenvalue weighted by Crippen LogP contribution is -2.10. The monoisotopic (exact) mass is 179 g/mol. The lowest BCUT2D eigenvalue weighted by atomic mass is 10.1. The summed E-state index contributed by atoms with van der Waals surface area (Å²) in [5.41, 5.74) is 5.46. The van der Waals surface area contributed by atoms with Crippen molar-refractivity contribution in [3.05, 3.63) is 35.8 Å². The van der Waals surface area contributed by atoms with Gasteiger partial charge in [-0.15, -0.1) is 0 Å². The molecule has 2 aromatic rings. The van der Waals surface area contributed by atoms with Crippen LogP contribution >= 0.6 is 0 Å². The number of fused-ring (bicyclic) bond motifs is 1. The van der Waals surface area contributed by atoms with E-state index in [1.807, 2.05) is 0 Å². The molecule has 0 aliphatic carbocycles. The number of hydrogen-bond acceptors (Lipinski definition) is 2. The van der Waals surface area contributed by atoms with E-state index < -0.39 is 11.9 Å². The van der Waals surface area contributed by atoms with Crippen molar-refractivity contribution in [3.63, 3.8) is 0 Å². The number of hydrogen-bond donors (Lipinski definition) is 1. The Labute approximate surface area is 72.9 Å². The van der Waals surface area contributed by atoms with Crippen LogP contribution in [0.3, 0.4) is 0 Å². The van der Waals surface area contributed by atoms with Gasteiger partial charge < -0.3 is 10.2 Å². The van der Waals surface area contributed by atoms with Crippen molar-refractivity contribution in [2.45, 2.75) is 0 Å². The highest BCUT2D eigenvalue weighted by Crippen LogP contribution is 2.21. The van der Waals surface area contributed by atoms with E-state index in [1.54, 1.807) is 12.1 Å². The van der Waals surface area contributed by atoms with Gasteiger partial charge in [-0.2, -0.15) is 4.39 Å². The van der Waals surface area contributed by atoms with Crippen molar-refractivity contribution < 1.29 is 13.6 Å². The van der Waals surface area contributed by atoms with Crippen LogP contribution in [0.5, 0.6) is 0 Å². The Morgan fingerprint density at radius 1 is 1.46 bits per heavy atom. The van der Waals surface area contributed by atoms with Gasteiger partial charge in [0.2, 0.25) is 0 Å². The first-order valence-electron chi connectivity index (χ1n) is 3.66. The van der Waals surface area contributed by atoms with Gasteiger partial charge in [0.15, 0.2) is 0 Å². The number of amides is 1. The van der Waals surface area contributed by atoms with Crippen molar-refractivity contribution in [1.82, 2.24) is 0 Å². The Morgan fingerprint density at radius 3 is 2.92 bits per heavy atom. The highest BCUT2D eigenvalue weighted by Gasteiger charge is 2.10. The van der Waals surface area contributed by atoms with Gasteiger partial charge in [0, 0.05) is 11.5 Å². The molecule has 2 N–H and O–H groups in total. The Morgan fingerprint density at radius 2 is 2.23 bits per heavy atom. The zero-order valence-electron chi connectivity index (χ0n) is 6.58. The topological polar surface area (TPSA) is 56.2 Å². The summed E-state index contributed by atoms with van der Waals surface area (Å²) >= 11 is 0. The molecule has 1 aromatic heterocycles. The fourth-order valence-corrected chi connectivity index (χ4v) is 1.23. The molecule has 0 radical (unpaired) electrons. The normalized spacial score (nSPS) is 10.5. The standard InChI is InChI=1S/C9H6FNO2/c10-7-4-5-2-1-3-6(9(11)12)8(5)13-7/h1-4H,(H2,11,12). The molecule has 0 aliphatic rings. The molecule has 0 fully saturated rings. The second-order valence-electron chi connectivity index (χ2n) is 2.64. The van der Waals surface area contributed by atoms with Crippen LogP contribution in [0, 0.1) is 6.01 Å². The summed E-state index contributed by atoms with van der Waals surface area (Å²) in [6.45, 7) is 0. The maximum Gasteiger partial charge on any atom is 0.278 e. The van der Waals surface area contributed by atoms with Crippen LogP contribution in [0.15, 0.2) is 28.7 Å². The Kier molecular flexibility index (Phi) is 1.55. The van der Waals surface area contributed by atoms with Gasteiger partial charge in [0.1, 0.15) is 5.58 Å². The SMILES string of the molecule is NC(=O)c1cccc2cc(F)oc12. The Balaban J connectivity index is 2.82. The minimum atomic E-state index is -0.719. The van der Waals surface area contributed by atoms with E-state index in [2.05, 4.69) is 0 Å². The number of carbonyl (C=O) groups is 1. The summed E-state index contributed by atoms with van der Waals surface area (Å²) in [5.74, 6) is -0.625. The van der Waals surface area contributed by atoms with E-state index in [0.29, 0.717) is 5.39 Å². The summed E-state index contributed by atoms with van der Waals surface area (Å²) in [6.07, 6.45) is 0. The molecular formula is C9H6FNO2. The maximum absolute atomic E-state index is 12.6. The van der Waals surface area contributed by atoms with Crippen LogP contribution in [0.4, 0.5) is 4.39 Å². The van der Waals surface area contributed by atoms with Crippen LogP contribution in [-0.4, -0.2) is 5.91 Å². The fraction of sp³-hybridized carbons (Fsp3) is 0. The summed E-state index contributed by atoms with van der Waals surface area (Å²) < 4.78 is 17.3. The lowest BCUT2D eigenvalue weighted by Gasteiger charge is -1.94. The maximum atomic E-state index is 12.6. The van der Waals surface area contributed by atoms with Crippen LogP contribution in [-0.2, 0) is 0 Å². The van der Waals surface area contributed by atoms with E-state index in [9.17, 15) is 9.18 Å². The molecule has 0 spiro atoms. The summed E-state index contributed by atoms with van der Waals surface area (Å²) in [6, 6.07) is 5.25. The third-order valence-electron chi connectivity index (χ3n) is 1.78. The molecule has 0 unspecified atom stereocenters. The summed E-state index contributed by atoms with van der Waals surface area (Å²) in [5, 5.41) is 0.536. The van der Waals surface area contributed by atoms with Gasteiger partial charge in [0.05, 0.1) is 5.56 Å². The van der Waals surface area contributed by atoms with E-state index in [4.69, 9.17) is 10.2 Å². The second kappa shape index (κ2) is 2.58. The molecule has 0 saturated carbocycles. The zero-order valence-corrected chi connectivity index (χ0v) is 6.58. The molecule has 1 aromatic carbocycles. The number of carbonyl (C=O) groups excluding carboxylic acids is 1. The van der Waals surface area contributed by atoms with Crippen LogP contribution in [0.1, 0.15) is 10.4 Å². The number of rotatable bonds is 1. The van der Waals surface area contributed by atoms with Crippen molar-refractivity contribution in [2.75, 3.05) is 0 Å². The van der Waals surface area contributed by atoms with Gasteiger partial charge in [0.25, 0.3) is 11.9 Å². The first-order valence-corrected chi connectivity index (χ1v) is 3.66. The van der Waals surface area contributed by atoms with E-state index in [1.165, 1.54) is 12.1 Å².